The molecule has 5 heteroatoms. The molecule has 4 nitrogen and oxygen atoms in total. The van der Waals surface area contributed by atoms with E-state index in [-0.39, 0.29) is 5.56 Å². The fourth-order valence-corrected chi connectivity index (χ4v) is 4.82. The minimum Gasteiger partial charge on any atom is -0.497 e. The van der Waals surface area contributed by atoms with Gasteiger partial charge in [-0.1, -0.05) is 6.42 Å². The quantitative estimate of drug-likeness (QED) is 0.662. The Bertz CT molecular complexity index is 954. The van der Waals surface area contributed by atoms with Crippen molar-refractivity contribution in [1.29, 1.82) is 0 Å². The summed E-state index contributed by atoms with van der Waals surface area (Å²) < 4.78 is 6.93. The van der Waals surface area contributed by atoms with Crippen molar-refractivity contribution in [1.82, 2.24) is 9.55 Å². The Morgan fingerprint density at radius 2 is 1.88 bits per heavy atom. The molecule has 3 aromatic rings. The summed E-state index contributed by atoms with van der Waals surface area (Å²) in [5, 5.41) is 0.832. The number of ether oxygens (including phenoxy) is 1. The van der Waals surface area contributed by atoms with Gasteiger partial charge in [0.15, 0.2) is 0 Å². The fourth-order valence-electron chi connectivity index (χ4n) is 3.52. The fraction of sp³-hybridized carbons (Fsp3) is 0.368. The summed E-state index contributed by atoms with van der Waals surface area (Å²) in [7, 11) is 1.64. The monoisotopic (exact) mass is 340 g/mol. The van der Waals surface area contributed by atoms with Crippen molar-refractivity contribution in [3.05, 3.63) is 50.9 Å². The smallest absolute Gasteiger partial charge is 0.267 e. The highest BCUT2D eigenvalue weighted by atomic mass is 32.1. The molecule has 0 fully saturated rings. The Labute approximate surface area is 144 Å². The SMILES string of the molecule is COc1ccc(-n2c(C)nc3sc4c(c3c2=O)CCCCC4)cc1. The van der Waals surface area contributed by atoms with Gasteiger partial charge in [-0.3, -0.25) is 9.36 Å². The first-order valence-electron chi connectivity index (χ1n) is 8.37. The van der Waals surface area contributed by atoms with Crippen LogP contribution in [-0.2, 0) is 12.8 Å². The molecule has 0 saturated heterocycles. The lowest BCUT2D eigenvalue weighted by Gasteiger charge is -2.10. The van der Waals surface area contributed by atoms with Gasteiger partial charge in [-0.15, -0.1) is 11.3 Å². The number of hydrogen-bond acceptors (Lipinski definition) is 4. The highest BCUT2D eigenvalue weighted by Crippen LogP contribution is 2.33. The second-order valence-corrected chi connectivity index (χ2v) is 7.33. The largest absolute Gasteiger partial charge is 0.497 e. The van der Waals surface area contributed by atoms with Crippen molar-refractivity contribution in [2.24, 2.45) is 0 Å². The molecule has 24 heavy (non-hydrogen) atoms. The van der Waals surface area contributed by atoms with Gasteiger partial charge in [0.05, 0.1) is 18.2 Å². The maximum absolute atomic E-state index is 13.2. The number of rotatable bonds is 2. The second-order valence-electron chi connectivity index (χ2n) is 6.24. The summed E-state index contributed by atoms with van der Waals surface area (Å²) >= 11 is 1.71. The maximum atomic E-state index is 13.2. The molecule has 0 N–H and O–H groups in total. The van der Waals surface area contributed by atoms with E-state index in [0.29, 0.717) is 0 Å². The summed E-state index contributed by atoms with van der Waals surface area (Å²) in [6.45, 7) is 1.90. The summed E-state index contributed by atoms with van der Waals surface area (Å²) in [6, 6.07) is 7.57. The van der Waals surface area contributed by atoms with Crippen LogP contribution in [0.5, 0.6) is 5.75 Å². The minimum absolute atomic E-state index is 0.0575. The molecule has 1 aliphatic rings. The van der Waals surface area contributed by atoms with Gasteiger partial charge in [-0.2, -0.15) is 0 Å². The van der Waals surface area contributed by atoms with Crippen molar-refractivity contribution in [3.63, 3.8) is 0 Å². The average Bonchev–Trinajstić information content (AvgIpc) is 2.77. The first-order valence-corrected chi connectivity index (χ1v) is 9.19. The third-order valence-electron chi connectivity index (χ3n) is 4.74. The highest BCUT2D eigenvalue weighted by Gasteiger charge is 2.20. The molecule has 0 spiro atoms. The molecule has 2 heterocycles. The van der Waals surface area contributed by atoms with Crippen LogP contribution in [0.2, 0.25) is 0 Å². The molecule has 0 amide bonds. The average molecular weight is 340 g/mol. The molecular formula is C19H20N2O2S. The van der Waals surface area contributed by atoms with Gasteiger partial charge in [-0.05, 0) is 62.4 Å². The zero-order chi connectivity index (χ0) is 16.7. The standard InChI is InChI=1S/C19H20N2O2S/c1-12-20-18-17(15-6-4-3-5-7-16(15)24-18)19(22)21(12)13-8-10-14(23-2)11-9-13/h8-11H,3-7H2,1-2H3. The van der Waals surface area contributed by atoms with Crippen LogP contribution in [0.15, 0.2) is 29.1 Å². The Morgan fingerprint density at radius 3 is 2.62 bits per heavy atom. The maximum Gasteiger partial charge on any atom is 0.267 e. The van der Waals surface area contributed by atoms with E-state index in [0.717, 1.165) is 46.7 Å². The second kappa shape index (κ2) is 6.06. The summed E-state index contributed by atoms with van der Waals surface area (Å²) in [4.78, 5) is 20.2. The molecule has 0 bridgehead atoms. The normalized spacial score (nSPS) is 14.4. The van der Waals surface area contributed by atoms with E-state index in [9.17, 15) is 4.79 Å². The van der Waals surface area contributed by atoms with Crippen molar-refractivity contribution in [3.8, 4) is 11.4 Å². The van der Waals surface area contributed by atoms with Crippen LogP contribution in [-0.4, -0.2) is 16.7 Å². The number of aromatic nitrogens is 2. The van der Waals surface area contributed by atoms with E-state index in [4.69, 9.17) is 9.72 Å². The summed E-state index contributed by atoms with van der Waals surface area (Å²) in [6.07, 6.45) is 5.70. The highest BCUT2D eigenvalue weighted by molar-refractivity contribution is 7.18. The molecule has 1 aliphatic carbocycles. The van der Waals surface area contributed by atoms with Crippen LogP contribution in [0.1, 0.15) is 35.5 Å². The van der Waals surface area contributed by atoms with E-state index in [1.807, 2.05) is 31.2 Å². The number of aryl methyl sites for hydroxylation is 3. The predicted molar refractivity (Wildman–Crippen MR) is 97.8 cm³/mol. The Morgan fingerprint density at radius 1 is 1.12 bits per heavy atom. The zero-order valence-electron chi connectivity index (χ0n) is 14.0. The molecule has 0 aliphatic heterocycles. The van der Waals surface area contributed by atoms with E-state index < -0.39 is 0 Å². The van der Waals surface area contributed by atoms with Crippen molar-refractivity contribution in [2.45, 2.75) is 39.0 Å². The zero-order valence-corrected chi connectivity index (χ0v) is 14.8. The van der Waals surface area contributed by atoms with E-state index in [2.05, 4.69) is 0 Å². The van der Waals surface area contributed by atoms with Gasteiger partial charge >= 0.3 is 0 Å². The Hall–Kier alpha value is -2.14. The van der Waals surface area contributed by atoms with Gasteiger partial charge in [0.2, 0.25) is 0 Å². The van der Waals surface area contributed by atoms with E-state index >= 15 is 0 Å². The van der Waals surface area contributed by atoms with Crippen molar-refractivity contribution in [2.75, 3.05) is 7.11 Å². The van der Waals surface area contributed by atoms with Gasteiger partial charge in [0.1, 0.15) is 16.4 Å². The molecular weight excluding hydrogens is 320 g/mol. The predicted octanol–water partition coefficient (Wildman–Crippen LogP) is 4.03. The lowest BCUT2D eigenvalue weighted by Crippen LogP contribution is -2.22. The third kappa shape index (κ3) is 2.44. The molecule has 0 radical (unpaired) electrons. The van der Waals surface area contributed by atoms with Crippen LogP contribution in [0.25, 0.3) is 15.9 Å². The molecule has 124 valence electrons. The van der Waals surface area contributed by atoms with Crippen molar-refractivity contribution < 1.29 is 4.74 Å². The third-order valence-corrected chi connectivity index (χ3v) is 5.92. The molecule has 1 aromatic carbocycles. The van der Waals surface area contributed by atoms with Crippen LogP contribution >= 0.6 is 11.3 Å². The molecule has 4 rings (SSSR count). The lowest BCUT2D eigenvalue weighted by molar-refractivity contribution is 0.414. The first kappa shape index (κ1) is 15.4. The van der Waals surface area contributed by atoms with Gasteiger partial charge in [-0.25, -0.2) is 4.98 Å². The molecule has 0 saturated carbocycles. The number of nitrogens with zero attached hydrogens (tertiary/aromatic N) is 2. The van der Waals surface area contributed by atoms with Gasteiger partial charge in [0.25, 0.3) is 5.56 Å². The summed E-state index contributed by atoms with van der Waals surface area (Å²) in [5.41, 5.74) is 2.13. The van der Waals surface area contributed by atoms with Gasteiger partial charge < -0.3 is 4.74 Å². The minimum atomic E-state index is 0.0575. The number of fused-ring (bicyclic) bond motifs is 3. The number of thiophene rings is 1. The van der Waals surface area contributed by atoms with Crippen LogP contribution in [0.3, 0.4) is 0 Å². The van der Waals surface area contributed by atoms with Crippen LogP contribution < -0.4 is 10.3 Å². The lowest BCUT2D eigenvalue weighted by atomic mass is 10.1. The van der Waals surface area contributed by atoms with E-state index in [1.54, 1.807) is 23.0 Å². The first-order chi connectivity index (χ1) is 11.7. The Balaban J connectivity index is 1.95. The molecule has 0 atom stereocenters. The summed E-state index contributed by atoms with van der Waals surface area (Å²) in [5.74, 6) is 1.51. The molecule has 2 aromatic heterocycles. The number of hydrogen-bond donors (Lipinski definition) is 0. The molecule has 0 unspecified atom stereocenters. The van der Waals surface area contributed by atoms with Crippen LogP contribution in [0.4, 0.5) is 0 Å². The number of methoxy groups -OCH3 is 1. The van der Waals surface area contributed by atoms with Crippen LogP contribution in [0, 0.1) is 6.92 Å². The number of benzene rings is 1. The van der Waals surface area contributed by atoms with Crippen molar-refractivity contribution >= 4 is 21.6 Å². The van der Waals surface area contributed by atoms with Gasteiger partial charge in [0, 0.05) is 4.88 Å². The Kier molecular flexibility index (Phi) is 3.88. The topological polar surface area (TPSA) is 44.1 Å². The van der Waals surface area contributed by atoms with E-state index in [1.165, 1.54) is 23.3 Å².